The van der Waals surface area contributed by atoms with Crippen LogP contribution in [-0.4, -0.2) is 49.0 Å². The van der Waals surface area contributed by atoms with Gasteiger partial charge in [-0.05, 0) is 30.6 Å². The number of para-hydroxylation sites is 1. The normalized spacial score (nSPS) is 15.6. The highest BCUT2D eigenvalue weighted by Gasteiger charge is 2.20. The fraction of sp³-hybridized carbons (Fsp3) is 0.533. The largest absolute Gasteiger partial charge is 0.368 e. The first-order valence-electron chi connectivity index (χ1n) is 6.88. The SMILES string of the molecule is CSCCCC(=O)N1CCN(c2ccccc2)CC1. The van der Waals surface area contributed by atoms with Crippen LogP contribution >= 0.6 is 11.8 Å². The quantitative estimate of drug-likeness (QED) is 0.773. The van der Waals surface area contributed by atoms with E-state index in [9.17, 15) is 4.79 Å². The van der Waals surface area contributed by atoms with Crippen LogP contribution in [0.5, 0.6) is 0 Å². The molecule has 0 aromatic heterocycles. The van der Waals surface area contributed by atoms with Crippen molar-refractivity contribution in [3.8, 4) is 0 Å². The minimum absolute atomic E-state index is 0.321. The average Bonchev–Trinajstić information content (AvgIpc) is 2.48. The predicted octanol–water partition coefficient (Wildman–Crippen LogP) is 2.48. The molecule has 1 aliphatic heterocycles. The van der Waals surface area contributed by atoms with Crippen LogP contribution in [0.25, 0.3) is 0 Å². The molecule has 0 radical (unpaired) electrons. The Kier molecular flexibility index (Phi) is 5.58. The Bertz CT molecular complexity index is 388. The van der Waals surface area contributed by atoms with Gasteiger partial charge in [0.1, 0.15) is 0 Å². The molecule has 1 aliphatic rings. The van der Waals surface area contributed by atoms with E-state index in [1.807, 2.05) is 22.7 Å². The van der Waals surface area contributed by atoms with E-state index in [0.717, 1.165) is 38.4 Å². The van der Waals surface area contributed by atoms with Crippen molar-refractivity contribution < 1.29 is 4.79 Å². The number of hydrogen-bond acceptors (Lipinski definition) is 3. The van der Waals surface area contributed by atoms with Crippen molar-refractivity contribution >= 4 is 23.4 Å². The van der Waals surface area contributed by atoms with Crippen molar-refractivity contribution in [3.63, 3.8) is 0 Å². The van der Waals surface area contributed by atoms with Crippen molar-refractivity contribution in [2.24, 2.45) is 0 Å². The zero-order chi connectivity index (χ0) is 13.5. The lowest BCUT2D eigenvalue weighted by atomic mass is 10.2. The molecule has 19 heavy (non-hydrogen) atoms. The summed E-state index contributed by atoms with van der Waals surface area (Å²) >= 11 is 1.81. The van der Waals surface area contributed by atoms with Crippen LogP contribution in [0.4, 0.5) is 5.69 Å². The third-order valence-corrected chi connectivity index (χ3v) is 4.19. The molecule has 0 spiro atoms. The Morgan fingerprint density at radius 2 is 1.84 bits per heavy atom. The van der Waals surface area contributed by atoms with E-state index in [-0.39, 0.29) is 0 Å². The summed E-state index contributed by atoms with van der Waals surface area (Å²) in [5.74, 6) is 1.40. The highest BCUT2D eigenvalue weighted by molar-refractivity contribution is 7.98. The number of piperazine rings is 1. The minimum Gasteiger partial charge on any atom is -0.368 e. The smallest absolute Gasteiger partial charge is 0.222 e. The molecular weight excluding hydrogens is 256 g/mol. The molecule has 1 aromatic rings. The van der Waals surface area contributed by atoms with E-state index in [1.165, 1.54) is 5.69 Å². The maximum Gasteiger partial charge on any atom is 0.222 e. The second kappa shape index (κ2) is 7.43. The Morgan fingerprint density at radius 1 is 1.16 bits per heavy atom. The Labute approximate surface area is 120 Å². The molecule has 0 saturated carbocycles. The molecule has 1 fully saturated rings. The fourth-order valence-electron chi connectivity index (χ4n) is 2.38. The van der Waals surface area contributed by atoms with Gasteiger partial charge in [-0.3, -0.25) is 4.79 Å². The molecule has 0 N–H and O–H groups in total. The number of benzene rings is 1. The number of carbonyl (C=O) groups is 1. The molecule has 104 valence electrons. The summed E-state index contributed by atoms with van der Waals surface area (Å²) in [6.45, 7) is 3.59. The standard InChI is InChI=1S/C15H22N2OS/c1-19-13-5-8-15(18)17-11-9-16(10-12-17)14-6-3-2-4-7-14/h2-4,6-7H,5,8-13H2,1H3. The second-order valence-corrected chi connectivity index (χ2v) is 5.79. The van der Waals surface area contributed by atoms with Gasteiger partial charge in [0, 0.05) is 38.3 Å². The first-order valence-corrected chi connectivity index (χ1v) is 8.27. The zero-order valence-electron chi connectivity index (χ0n) is 11.5. The van der Waals surface area contributed by atoms with E-state index >= 15 is 0 Å². The van der Waals surface area contributed by atoms with Gasteiger partial charge in [-0.25, -0.2) is 0 Å². The lowest BCUT2D eigenvalue weighted by Crippen LogP contribution is -2.48. The van der Waals surface area contributed by atoms with E-state index in [0.29, 0.717) is 12.3 Å². The summed E-state index contributed by atoms with van der Waals surface area (Å²) < 4.78 is 0. The van der Waals surface area contributed by atoms with Gasteiger partial charge in [0.05, 0.1) is 0 Å². The molecule has 0 atom stereocenters. The molecule has 0 aliphatic carbocycles. The summed E-state index contributed by atoms with van der Waals surface area (Å²) in [7, 11) is 0. The van der Waals surface area contributed by atoms with Gasteiger partial charge in [0.2, 0.25) is 5.91 Å². The van der Waals surface area contributed by atoms with E-state index < -0.39 is 0 Å². The molecule has 2 rings (SSSR count). The van der Waals surface area contributed by atoms with Crippen molar-refractivity contribution in [2.45, 2.75) is 12.8 Å². The Hall–Kier alpha value is -1.16. The molecular formula is C15H22N2OS. The number of thioether (sulfide) groups is 1. The topological polar surface area (TPSA) is 23.6 Å². The van der Waals surface area contributed by atoms with Gasteiger partial charge >= 0.3 is 0 Å². The van der Waals surface area contributed by atoms with Gasteiger partial charge < -0.3 is 9.80 Å². The predicted molar refractivity (Wildman–Crippen MR) is 82.9 cm³/mol. The second-order valence-electron chi connectivity index (χ2n) is 4.80. The molecule has 1 saturated heterocycles. The van der Waals surface area contributed by atoms with Crippen LogP contribution in [0, 0.1) is 0 Å². The van der Waals surface area contributed by atoms with Crippen LogP contribution in [0.2, 0.25) is 0 Å². The molecule has 0 unspecified atom stereocenters. The first-order chi connectivity index (χ1) is 9.31. The number of rotatable bonds is 5. The average molecular weight is 278 g/mol. The summed E-state index contributed by atoms with van der Waals surface area (Å²) in [4.78, 5) is 16.4. The monoisotopic (exact) mass is 278 g/mol. The van der Waals surface area contributed by atoms with Crippen LogP contribution < -0.4 is 4.90 Å². The lowest BCUT2D eigenvalue weighted by Gasteiger charge is -2.36. The number of anilines is 1. The van der Waals surface area contributed by atoms with Crippen molar-refractivity contribution in [1.29, 1.82) is 0 Å². The molecule has 0 bridgehead atoms. The molecule has 1 amide bonds. The molecule has 1 heterocycles. The number of carbonyl (C=O) groups excluding carboxylic acids is 1. The van der Waals surface area contributed by atoms with Gasteiger partial charge in [-0.2, -0.15) is 11.8 Å². The van der Waals surface area contributed by atoms with Crippen molar-refractivity contribution in [3.05, 3.63) is 30.3 Å². The van der Waals surface area contributed by atoms with E-state index in [1.54, 1.807) is 0 Å². The van der Waals surface area contributed by atoms with Crippen LogP contribution in [0.15, 0.2) is 30.3 Å². The van der Waals surface area contributed by atoms with E-state index in [2.05, 4.69) is 35.4 Å². The van der Waals surface area contributed by atoms with E-state index in [4.69, 9.17) is 0 Å². The van der Waals surface area contributed by atoms with Crippen LogP contribution in [-0.2, 0) is 4.79 Å². The maximum absolute atomic E-state index is 12.0. The Morgan fingerprint density at radius 3 is 2.47 bits per heavy atom. The van der Waals surface area contributed by atoms with Crippen LogP contribution in [0.3, 0.4) is 0 Å². The number of amides is 1. The van der Waals surface area contributed by atoms with Gasteiger partial charge in [0.15, 0.2) is 0 Å². The summed E-state index contributed by atoms with van der Waals surface area (Å²) in [5.41, 5.74) is 1.26. The summed E-state index contributed by atoms with van der Waals surface area (Å²) in [6, 6.07) is 10.4. The molecule has 3 nitrogen and oxygen atoms in total. The lowest BCUT2D eigenvalue weighted by molar-refractivity contribution is -0.131. The number of hydrogen-bond donors (Lipinski definition) is 0. The highest BCUT2D eigenvalue weighted by atomic mass is 32.2. The zero-order valence-corrected chi connectivity index (χ0v) is 12.4. The Balaban J connectivity index is 1.77. The van der Waals surface area contributed by atoms with Gasteiger partial charge in [-0.1, -0.05) is 18.2 Å². The highest BCUT2D eigenvalue weighted by Crippen LogP contribution is 2.16. The number of nitrogens with zero attached hydrogens (tertiary/aromatic N) is 2. The fourth-order valence-corrected chi connectivity index (χ4v) is 2.81. The minimum atomic E-state index is 0.321. The van der Waals surface area contributed by atoms with Gasteiger partial charge in [-0.15, -0.1) is 0 Å². The summed E-state index contributed by atoms with van der Waals surface area (Å²) in [5, 5.41) is 0. The maximum atomic E-state index is 12.0. The third kappa shape index (κ3) is 4.16. The molecule has 1 aromatic carbocycles. The summed E-state index contributed by atoms with van der Waals surface area (Å²) in [6.07, 6.45) is 3.79. The first kappa shape index (κ1) is 14.3. The van der Waals surface area contributed by atoms with Crippen molar-refractivity contribution in [2.75, 3.05) is 43.1 Å². The molecule has 4 heteroatoms. The van der Waals surface area contributed by atoms with Crippen LogP contribution in [0.1, 0.15) is 12.8 Å². The van der Waals surface area contributed by atoms with Crippen molar-refractivity contribution in [1.82, 2.24) is 4.90 Å². The third-order valence-electron chi connectivity index (χ3n) is 3.49. The van der Waals surface area contributed by atoms with Gasteiger partial charge in [0.25, 0.3) is 0 Å².